The van der Waals surface area contributed by atoms with Gasteiger partial charge in [-0.05, 0) is 18.9 Å². The summed E-state index contributed by atoms with van der Waals surface area (Å²) in [7, 11) is 0. The molecule has 1 fully saturated rings. The highest BCUT2D eigenvalue weighted by Crippen LogP contribution is 2.11. The fourth-order valence-corrected chi connectivity index (χ4v) is 1.45. The number of piperidine rings is 1. The van der Waals surface area contributed by atoms with Crippen molar-refractivity contribution in [3.63, 3.8) is 0 Å². The van der Waals surface area contributed by atoms with Crippen molar-refractivity contribution in [3.8, 4) is 0 Å². The van der Waals surface area contributed by atoms with Gasteiger partial charge in [-0.15, -0.1) is 0 Å². The third-order valence-corrected chi connectivity index (χ3v) is 2.31. The molecule has 4 heteroatoms. The molecule has 1 aliphatic heterocycles. The van der Waals surface area contributed by atoms with Crippen LogP contribution in [-0.4, -0.2) is 23.5 Å². The number of amides is 1. The van der Waals surface area contributed by atoms with Crippen LogP contribution in [0, 0.1) is 0 Å². The summed E-state index contributed by atoms with van der Waals surface area (Å²) in [6.07, 6.45) is 4.47. The molecule has 0 aromatic carbocycles. The van der Waals surface area contributed by atoms with E-state index in [-0.39, 0.29) is 23.9 Å². The Labute approximate surface area is 94.4 Å². The molecule has 1 heterocycles. The Hall–Kier alpha value is -1.71. The largest absolute Gasteiger partial charge is 0.342 e. The van der Waals surface area contributed by atoms with Gasteiger partial charge in [0.1, 0.15) is 11.8 Å². The summed E-state index contributed by atoms with van der Waals surface area (Å²) < 4.78 is 0. The lowest BCUT2D eigenvalue weighted by Crippen LogP contribution is -2.45. The third-order valence-electron chi connectivity index (χ3n) is 2.31. The van der Waals surface area contributed by atoms with Gasteiger partial charge < -0.3 is 10.1 Å². The van der Waals surface area contributed by atoms with Crippen LogP contribution in [0.15, 0.2) is 24.3 Å². The minimum atomic E-state index is -0.610. The first-order valence-corrected chi connectivity index (χ1v) is 5.18. The van der Waals surface area contributed by atoms with Crippen molar-refractivity contribution in [1.82, 2.24) is 5.32 Å². The molecule has 0 spiro atoms. The molecule has 1 N–H and O–H groups in total. The SMILES string of the molecule is C=C1CC(=O)NC(/C=C\CCC(C)=O)C1=O. The summed E-state index contributed by atoms with van der Waals surface area (Å²) in [4.78, 5) is 33.4. The van der Waals surface area contributed by atoms with Gasteiger partial charge in [0.05, 0.1) is 6.42 Å². The van der Waals surface area contributed by atoms with Crippen LogP contribution >= 0.6 is 0 Å². The summed E-state index contributed by atoms with van der Waals surface area (Å²) in [6.45, 7) is 5.07. The molecule has 16 heavy (non-hydrogen) atoms. The Balaban J connectivity index is 2.52. The standard InChI is InChI=1S/C12H15NO3/c1-8-7-11(15)13-10(12(8)16)6-4-3-5-9(2)14/h4,6,10H,1,3,5,7H2,2H3,(H,13,15)/b6-4-. The van der Waals surface area contributed by atoms with Gasteiger partial charge in [0.2, 0.25) is 5.91 Å². The molecule has 1 aliphatic rings. The van der Waals surface area contributed by atoms with E-state index in [0.29, 0.717) is 18.4 Å². The van der Waals surface area contributed by atoms with E-state index in [2.05, 4.69) is 11.9 Å². The molecule has 0 bridgehead atoms. The van der Waals surface area contributed by atoms with E-state index >= 15 is 0 Å². The molecule has 1 atom stereocenters. The molecule has 4 nitrogen and oxygen atoms in total. The van der Waals surface area contributed by atoms with Crippen LogP contribution in [0.2, 0.25) is 0 Å². The highest BCUT2D eigenvalue weighted by Gasteiger charge is 2.26. The summed E-state index contributed by atoms with van der Waals surface area (Å²) in [5, 5.41) is 2.56. The second-order valence-corrected chi connectivity index (χ2v) is 3.86. The lowest BCUT2D eigenvalue weighted by Gasteiger charge is -2.20. The first-order chi connectivity index (χ1) is 7.50. The third kappa shape index (κ3) is 3.46. The lowest BCUT2D eigenvalue weighted by atomic mass is 9.97. The molecule has 1 amide bonds. The van der Waals surface area contributed by atoms with Gasteiger partial charge in [-0.3, -0.25) is 9.59 Å². The van der Waals surface area contributed by atoms with E-state index < -0.39 is 6.04 Å². The Kier molecular flexibility index (Phi) is 4.17. The van der Waals surface area contributed by atoms with Gasteiger partial charge in [-0.25, -0.2) is 0 Å². The number of ketones is 2. The van der Waals surface area contributed by atoms with E-state index in [1.165, 1.54) is 6.92 Å². The van der Waals surface area contributed by atoms with Crippen LogP contribution in [0.5, 0.6) is 0 Å². The van der Waals surface area contributed by atoms with Gasteiger partial charge in [0, 0.05) is 6.42 Å². The summed E-state index contributed by atoms with van der Waals surface area (Å²) in [6, 6.07) is -0.610. The first kappa shape index (κ1) is 12.4. The summed E-state index contributed by atoms with van der Waals surface area (Å²) in [5.74, 6) is -0.238. The highest BCUT2D eigenvalue weighted by atomic mass is 16.2. The smallest absolute Gasteiger partial charge is 0.225 e. The average molecular weight is 221 g/mol. The zero-order chi connectivity index (χ0) is 12.1. The zero-order valence-corrected chi connectivity index (χ0v) is 9.29. The minimum Gasteiger partial charge on any atom is -0.342 e. The average Bonchev–Trinajstić information content (AvgIpc) is 2.19. The molecular weight excluding hydrogens is 206 g/mol. The second kappa shape index (κ2) is 5.39. The zero-order valence-electron chi connectivity index (χ0n) is 9.29. The molecule has 0 saturated carbocycles. The van der Waals surface area contributed by atoms with Crippen molar-refractivity contribution in [2.75, 3.05) is 0 Å². The van der Waals surface area contributed by atoms with Gasteiger partial charge >= 0.3 is 0 Å². The normalized spacial score (nSPS) is 21.3. The topological polar surface area (TPSA) is 63.2 Å². The van der Waals surface area contributed by atoms with Crippen LogP contribution in [0.1, 0.15) is 26.2 Å². The van der Waals surface area contributed by atoms with Gasteiger partial charge in [0.15, 0.2) is 5.78 Å². The van der Waals surface area contributed by atoms with Crippen molar-refractivity contribution in [1.29, 1.82) is 0 Å². The quantitative estimate of drug-likeness (QED) is 0.567. The Morgan fingerprint density at radius 1 is 1.56 bits per heavy atom. The predicted octanol–water partition coefficient (Wildman–Crippen LogP) is 0.926. The molecule has 1 unspecified atom stereocenters. The number of rotatable bonds is 4. The summed E-state index contributed by atoms with van der Waals surface area (Å²) >= 11 is 0. The van der Waals surface area contributed by atoms with Crippen LogP contribution in [-0.2, 0) is 14.4 Å². The second-order valence-electron chi connectivity index (χ2n) is 3.86. The van der Waals surface area contributed by atoms with Crippen molar-refractivity contribution in [2.45, 2.75) is 32.2 Å². The molecule has 0 aliphatic carbocycles. The molecule has 0 aromatic rings. The Morgan fingerprint density at radius 2 is 2.25 bits per heavy atom. The fourth-order valence-electron chi connectivity index (χ4n) is 1.45. The van der Waals surface area contributed by atoms with Crippen LogP contribution in [0.25, 0.3) is 0 Å². The van der Waals surface area contributed by atoms with Crippen molar-refractivity contribution < 1.29 is 14.4 Å². The van der Waals surface area contributed by atoms with Crippen molar-refractivity contribution in [2.24, 2.45) is 0 Å². The van der Waals surface area contributed by atoms with Gasteiger partial charge in [0.25, 0.3) is 0 Å². The maximum absolute atomic E-state index is 11.6. The number of allylic oxidation sites excluding steroid dienone is 1. The molecule has 0 aromatic heterocycles. The minimum absolute atomic E-state index is 0.0800. The van der Waals surface area contributed by atoms with E-state index in [1.807, 2.05) is 0 Å². The van der Waals surface area contributed by atoms with E-state index in [0.717, 1.165) is 0 Å². The number of carbonyl (C=O) groups excluding carboxylic acids is 3. The fraction of sp³-hybridized carbons (Fsp3) is 0.417. The number of hydrogen-bond acceptors (Lipinski definition) is 3. The lowest BCUT2D eigenvalue weighted by molar-refractivity contribution is -0.128. The maximum atomic E-state index is 11.6. The molecule has 0 radical (unpaired) electrons. The number of carbonyl (C=O) groups is 3. The molecule has 1 rings (SSSR count). The monoisotopic (exact) mass is 221 g/mol. The first-order valence-electron chi connectivity index (χ1n) is 5.18. The van der Waals surface area contributed by atoms with Crippen molar-refractivity contribution >= 4 is 17.5 Å². The van der Waals surface area contributed by atoms with E-state index in [4.69, 9.17) is 0 Å². The van der Waals surface area contributed by atoms with Gasteiger partial charge in [-0.1, -0.05) is 18.7 Å². The van der Waals surface area contributed by atoms with Crippen LogP contribution in [0.4, 0.5) is 0 Å². The Morgan fingerprint density at radius 3 is 2.88 bits per heavy atom. The van der Waals surface area contributed by atoms with Crippen molar-refractivity contribution in [3.05, 3.63) is 24.3 Å². The predicted molar refractivity (Wildman–Crippen MR) is 59.7 cm³/mol. The number of hydrogen-bond donors (Lipinski definition) is 1. The maximum Gasteiger partial charge on any atom is 0.225 e. The molecule has 1 saturated heterocycles. The van der Waals surface area contributed by atoms with Crippen LogP contribution in [0.3, 0.4) is 0 Å². The molecule has 86 valence electrons. The Bertz CT molecular complexity index is 368. The highest BCUT2D eigenvalue weighted by molar-refractivity contribution is 6.08. The van der Waals surface area contributed by atoms with Crippen LogP contribution < -0.4 is 5.32 Å². The molecular formula is C12H15NO3. The van der Waals surface area contributed by atoms with E-state index in [9.17, 15) is 14.4 Å². The number of nitrogens with one attached hydrogen (secondary N) is 1. The summed E-state index contributed by atoms with van der Waals surface area (Å²) in [5.41, 5.74) is 0.338. The van der Waals surface area contributed by atoms with E-state index in [1.54, 1.807) is 12.2 Å². The number of Topliss-reactive ketones (excluding diaryl/α,β-unsaturated/α-hetero) is 2. The van der Waals surface area contributed by atoms with Gasteiger partial charge in [-0.2, -0.15) is 0 Å².